The number of nitrogens with one attached hydrogen (secondary N) is 1. The molecule has 102 valence electrons. The summed E-state index contributed by atoms with van der Waals surface area (Å²) in [5.74, 6) is 1.28. The summed E-state index contributed by atoms with van der Waals surface area (Å²) in [7, 11) is 3.28. The lowest BCUT2D eigenvalue weighted by Gasteiger charge is -2.18. The van der Waals surface area contributed by atoms with Crippen molar-refractivity contribution in [3.05, 3.63) is 0 Å². The normalized spacial score (nSPS) is 10.7. The lowest BCUT2D eigenvalue weighted by atomic mass is 10.2. The van der Waals surface area contributed by atoms with E-state index in [9.17, 15) is 0 Å². The number of rotatable bonds is 7. The van der Waals surface area contributed by atoms with E-state index >= 15 is 0 Å². The number of hydrogen-bond donors (Lipinski definition) is 2. The largest absolute Gasteiger partial charge is 0.368 e. The van der Waals surface area contributed by atoms with Crippen molar-refractivity contribution in [3.8, 4) is 0 Å². The SMILES string of the molecule is CONc1nc(N)nc(N(C)COCC(C)C)n1. The number of hydrogen-bond acceptors (Lipinski definition) is 8. The summed E-state index contributed by atoms with van der Waals surface area (Å²) in [4.78, 5) is 18.5. The first kappa shape index (κ1) is 14.4. The van der Waals surface area contributed by atoms with Gasteiger partial charge in [-0.2, -0.15) is 15.0 Å². The van der Waals surface area contributed by atoms with Crippen LogP contribution in [0.2, 0.25) is 0 Å². The summed E-state index contributed by atoms with van der Waals surface area (Å²) in [5.41, 5.74) is 8.09. The molecule has 0 saturated carbocycles. The Balaban J connectivity index is 2.63. The van der Waals surface area contributed by atoms with E-state index in [1.807, 2.05) is 7.05 Å². The summed E-state index contributed by atoms with van der Waals surface area (Å²) in [5, 5.41) is 0. The van der Waals surface area contributed by atoms with Crippen molar-refractivity contribution in [3.63, 3.8) is 0 Å². The monoisotopic (exact) mass is 256 g/mol. The van der Waals surface area contributed by atoms with Crippen molar-refractivity contribution in [1.29, 1.82) is 0 Å². The molecular formula is C10H20N6O2. The maximum absolute atomic E-state index is 5.58. The topological polar surface area (TPSA) is 98.4 Å². The van der Waals surface area contributed by atoms with Crippen LogP contribution in [0.4, 0.5) is 17.8 Å². The van der Waals surface area contributed by atoms with Gasteiger partial charge in [0, 0.05) is 7.05 Å². The fourth-order valence-electron chi connectivity index (χ4n) is 1.17. The fraction of sp³-hybridized carbons (Fsp3) is 0.700. The number of nitrogens with two attached hydrogens (primary N) is 1. The summed E-state index contributed by atoms with van der Waals surface area (Å²) in [6.45, 7) is 5.23. The highest BCUT2D eigenvalue weighted by Crippen LogP contribution is 2.10. The van der Waals surface area contributed by atoms with Gasteiger partial charge >= 0.3 is 0 Å². The van der Waals surface area contributed by atoms with E-state index < -0.39 is 0 Å². The van der Waals surface area contributed by atoms with Crippen molar-refractivity contribution < 1.29 is 9.57 Å². The average Bonchev–Trinajstić information content (AvgIpc) is 2.28. The third kappa shape index (κ3) is 4.68. The second-order valence-electron chi connectivity index (χ2n) is 4.22. The molecule has 0 radical (unpaired) electrons. The van der Waals surface area contributed by atoms with Crippen LogP contribution in [-0.4, -0.2) is 42.4 Å². The number of nitrogen functional groups attached to an aromatic ring is 1. The van der Waals surface area contributed by atoms with Gasteiger partial charge in [0.1, 0.15) is 6.73 Å². The molecule has 0 aromatic carbocycles. The van der Waals surface area contributed by atoms with Crippen molar-refractivity contribution >= 4 is 17.8 Å². The van der Waals surface area contributed by atoms with Gasteiger partial charge in [0.25, 0.3) is 5.95 Å². The molecule has 0 atom stereocenters. The molecule has 0 aliphatic heterocycles. The molecule has 0 unspecified atom stereocenters. The van der Waals surface area contributed by atoms with E-state index in [-0.39, 0.29) is 11.9 Å². The van der Waals surface area contributed by atoms with E-state index in [1.165, 1.54) is 7.11 Å². The Bertz CT molecular complexity index is 373. The van der Waals surface area contributed by atoms with E-state index in [4.69, 9.17) is 15.3 Å². The first-order valence-electron chi connectivity index (χ1n) is 5.62. The molecule has 1 rings (SSSR count). The van der Waals surface area contributed by atoms with Crippen LogP contribution in [-0.2, 0) is 9.57 Å². The molecule has 1 heterocycles. The Hall–Kier alpha value is -1.67. The van der Waals surface area contributed by atoms with Gasteiger partial charge in [-0.3, -0.25) is 4.84 Å². The number of nitrogens with zero attached hydrogens (tertiary/aromatic N) is 4. The molecule has 0 aliphatic rings. The predicted octanol–water partition coefficient (Wildman–Crippen LogP) is 0.493. The van der Waals surface area contributed by atoms with E-state index in [0.29, 0.717) is 25.2 Å². The molecule has 1 aromatic heterocycles. The van der Waals surface area contributed by atoms with E-state index in [1.54, 1.807) is 4.90 Å². The van der Waals surface area contributed by atoms with Crippen molar-refractivity contribution in [2.75, 3.05) is 43.6 Å². The summed E-state index contributed by atoms with van der Waals surface area (Å²) in [6, 6.07) is 0. The first-order valence-corrected chi connectivity index (χ1v) is 5.62. The third-order valence-electron chi connectivity index (χ3n) is 1.91. The van der Waals surface area contributed by atoms with E-state index in [2.05, 4.69) is 34.3 Å². The number of aromatic nitrogens is 3. The quantitative estimate of drug-likeness (QED) is 0.537. The minimum Gasteiger partial charge on any atom is -0.368 e. The van der Waals surface area contributed by atoms with Crippen LogP contribution in [0, 0.1) is 5.92 Å². The minimum atomic E-state index is 0.121. The number of ether oxygens (including phenoxy) is 1. The van der Waals surface area contributed by atoms with Crippen LogP contribution >= 0.6 is 0 Å². The molecule has 1 aromatic rings. The highest BCUT2D eigenvalue weighted by molar-refractivity contribution is 5.39. The third-order valence-corrected chi connectivity index (χ3v) is 1.91. The molecule has 0 saturated heterocycles. The smallest absolute Gasteiger partial charge is 0.253 e. The van der Waals surface area contributed by atoms with Gasteiger partial charge in [-0.05, 0) is 5.92 Å². The van der Waals surface area contributed by atoms with Gasteiger partial charge in [0.15, 0.2) is 0 Å². The van der Waals surface area contributed by atoms with Gasteiger partial charge in [-0.25, -0.2) is 5.48 Å². The van der Waals surface area contributed by atoms with Crippen LogP contribution in [0.25, 0.3) is 0 Å². The molecule has 0 aliphatic carbocycles. The predicted molar refractivity (Wildman–Crippen MR) is 68.9 cm³/mol. The molecule has 0 fully saturated rings. The van der Waals surface area contributed by atoms with Crippen LogP contribution < -0.4 is 16.1 Å². The Morgan fingerprint density at radius 2 is 2.06 bits per heavy atom. The van der Waals surface area contributed by atoms with Crippen molar-refractivity contribution in [1.82, 2.24) is 15.0 Å². The van der Waals surface area contributed by atoms with Crippen LogP contribution in [0.1, 0.15) is 13.8 Å². The standard InChI is InChI=1S/C10H20N6O2/c1-7(2)5-18-6-16(3)10-13-8(11)12-9(14-10)15-17-4/h7H,5-6H2,1-4H3,(H3,11,12,13,14,15). The average molecular weight is 256 g/mol. The Morgan fingerprint density at radius 3 is 2.67 bits per heavy atom. The summed E-state index contributed by atoms with van der Waals surface area (Å²) in [6.07, 6.45) is 0. The molecular weight excluding hydrogens is 236 g/mol. The van der Waals surface area contributed by atoms with Gasteiger partial charge in [-0.1, -0.05) is 13.8 Å². The van der Waals surface area contributed by atoms with Gasteiger partial charge in [0.05, 0.1) is 13.7 Å². The Labute approximate surface area is 106 Å². The van der Waals surface area contributed by atoms with Crippen LogP contribution in [0.5, 0.6) is 0 Å². The molecule has 8 nitrogen and oxygen atoms in total. The second kappa shape index (κ2) is 6.92. The lowest BCUT2D eigenvalue weighted by molar-refractivity contribution is 0.112. The fourth-order valence-corrected chi connectivity index (χ4v) is 1.17. The van der Waals surface area contributed by atoms with Crippen molar-refractivity contribution in [2.24, 2.45) is 5.92 Å². The maximum atomic E-state index is 5.58. The second-order valence-corrected chi connectivity index (χ2v) is 4.22. The zero-order chi connectivity index (χ0) is 13.5. The molecule has 0 spiro atoms. The van der Waals surface area contributed by atoms with Crippen LogP contribution in [0.3, 0.4) is 0 Å². The Morgan fingerprint density at radius 1 is 1.33 bits per heavy atom. The first-order chi connectivity index (χ1) is 8.52. The van der Waals surface area contributed by atoms with Gasteiger partial charge in [0.2, 0.25) is 11.9 Å². The van der Waals surface area contributed by atoms with Gasteiger partial charge < -0.3 is 15.4 Å². The zero-order valence-corrected chi connectivity index (χ0v) is 11.2. The minimum absolute atomic E-state index is 0.121. The zero-order valence-electron chi connectivity index (χ0n) is 11.2. The van der Waals surface area contributed by atoms with Crippen molar-refractivity contribution in [2.45, 2.75) is 13.8 Å². The van der Waals surface area contributed by atoms with Crippen LogP contribution in [0.15, 0.2) is 0 Å². The number of anilines is 3. The molecule has 3 N–H and O–H groups in total. The lowest BCUT2D eigenvalue weighted by Crippen LogP contribution is -2.25. The molecule has 8 heteroatoms. The summed E-state index contributed by atoms with van der Waals surface area (Å²) < 4.78 is 5.48. The van der Waals surface area contributed by atoms with E-state index in [0.717, 1.165) is 0 Å². The Kier molecular flexibility index (Phi) is 5.53. The van der Waals surface area contributed by atoms with Gasteiger partial charge in [-0.15, -0.1) is 0 Å². The molecule has 18 heavy (non-hydrogen) atoms. The highest BCUT2D eigenvalue weighted by Gasteiger charge is 2.09. The molecule has 0 bridgehead atoms. The molecule has 0 amide bonds. The highest BCUT2D eigenvalue weighted by atomic mass is 16.6. The maximum Gasteiger partial charge on any atom is 0.253 e. The summed E-state index contributed by atoms with van der Waals surface area (Å²) >= 11 is 0.